The van der Waals surface area contributed by atoms with Crippen molar-refractivity contribution in [2.45, 2.75) is 33.2 Å². The molecule has 2 aliphatic heterocycles. The highest BCUT2D eigenvalue weighted by atomic mass is 16.2. The molecule has 1 unspecified atom stereocenters. The molecule has 0 aliphatic carbocycles. The fraction of sp³-hybridized carbons (Fsp3) is 0.500. The van der Waals surface area contributed by atoms with Crippen LogP contribution in [0.4, 0.5) is 5.69 Å². The largest absolute Gasteiger partial charge is 0.338 e. The molecule has 1 fully saturated rings. The Labute approximate surface area is 141 Å². The maximum atomic E-state index is 12.8. The van der Waals surface area contributed by atoms with E-state index < -0.39 is 6.04 Å². The molecule has 1 N–H and O–H groups in total. The Morgan fingerprint density at radius 2 is 1.92 bits per heavy atom. The van der Waals surface area contributed by atoms with Gasteiger partial charge in [0.15, 0.2) is 0 Å². The van der Waals surface area contributed by atoms with Crippen molar-refractivity contribution in [3.63, 3.8) is 0 Å². The zero-order valence-corrected chi connectivity index (χ0v) is 14.3. The quantitative estimate of drug-likeness (QED) is 0.853. The third-order valence-electron chi connectivity index (χ3n) is 4.39. The summed E-state index contributed by atoms with van der Waals surface area (Å²) in [7, 11) is 0. The summed E-state index contributed by atoms with van der Waals surface area (Å²) in [5, 5.41) is 2.82. The van der Waals surface area contributed by atoms with Gasteiger partial charge in [-0.25, -0.2) is 0 Å². The molecule has 1 atom stereocenters. The topological polar surface area (TPSA) is 69.7 Å². The number of hydrogen-bond acceptors (Lipinski definition) is 3. The number of benzene rings is 1. The molecule has 0 spiro atoms. The molecular formula is C18H23N3O3. The standard InChI is InChI=1S/C18H23N3O3/c1-18(2,3)10-15(22)20-8-9-21-14(11-20)16(23)19-13-7-5-4-6-12(13)17(21)24/h4-7,14H,8-11H2,1-3H3,(H,19,23). The van der Waals surface area contributed by atoms with Crippen LogP contribution < -0.4 is 5.32 Å². The molecule has 1 saturated heterocycles. The number of nitrogens with zero attached hydrogens (tertiary/aromatic N) is 2. The van der Waals surface area contributed by atoms with Gasteiger partial charge in [0.25, 0.3) is 5.91 Å². The molecule has 1 aromatic carbocycles. The van der Waals surface area contributed by atoms with E-state index in [-0.39, 0.29) is 29.7 Å². The van der Waals surface area contributed by atoms with Crippen LogP contribution in [0.5, 0.6) is 0 Å². The van der Waals surface area contributed by atoms with Crippen LogP contribution in [0.25, 0.3) is 0 Å². The zero-order valence-electron chi connectivity index (χ0n) is 14.3. The summed E-state index contributed by atoms with van der Waals surface area (Å²) < 4.78 is 0. The second-order valence-corrected chi connectivity index (χ2v) is 7.63. The van der Waals surface area contributed by atoms with E-state index >= 15 is 0 Å². The van der Waals surface area contributed by atoms with Crippen LogP contribution in [0.2, 0.25) is 0 Å². The highest BCUT2D eigenvalue weighted by Crippen LogP contribution is 2.26. The van der Waals surface area contributed by atoms with Gasteiger partial charge in [-0.2, -0.15) is 0 Å². The molecule has 0 saturated carbocycles. The first-order valence-corrected chi connectivity index (χ1v) is 8.25. The maximum absolute atomic E-state index is 12.8. The minimum Gasteiger partial charge on any atom is -0.338 e. The highest BCUT2D eigenvalue weighted by Gasteiger charge is 2.40. The number of fused-ring (bicyclic) bond motifs is 2. The number of para-hydroxylation sites is 1. The van der Waals surface area contributed by atoms with Crippen molar-refractivity contribution in [3.05, 3.63) is 29.8 Å². The van der Waals surface area contributed by atoms with Crippen molar-refractivity contribution in [1.82, 2.24) is 9.80 Å². The fourth-order valence-corrected chi connectivity index (χ4v) is 3.19. The molecule has 3 amide bonds. The van der Waals surface area contributed by atoms with Crippen molar-refractivity contribution in [2.24, 2.45) is 5.41 Å². The van der Waals surface area contributed by atoms with Gasteiger partial charge in [0.05, 0.1) is 17.8 Å². The lowest BCUT2D eigenvalue weighted by Gasteiger charge is -2.40. The molecule has 1 aromatic rings. The third kappa shape index (κ3) is 3.13. The first-order valence-electron chi connectivity index (χ1n) is 8.25. The second kappa shape index (κ2) is 5.92. The van der Waals surface area contributed by atoms with E-state index in [1.807, 2.05) is 20.8 Å². The first kappa shape index (κ1) is 16.5. The van der Waals surface area contributed by atoms with Crippen LogP contribution in [0, 0.1) is 5.41 Å². The Morgan fingerprint density at radius 1 is 1.21 bits per heavy atom. The van der Waals surface area contributed by atoms with E-state index in [9.17, 15) is 14.4 Å². The summed E-state index contributed by atoms with van der Waals surface area (Å²) in [5.74, 6) is -0.359. The van der Waals surface area contributed by atoms with Gasteiger partial charge in [-0.15, -0.1) is 0 Å². The normalized spacial score (nSPS) is 20.9. The molecule has 128 valence electrons. The number of hydrogen-bond donors (Lipinski definition) is 1. The van der Waals surface area contributed by atoms with Crippen LogP contribution in [0.1, 0.15) is 37.6 Å². The summed E-state index contributed by atoms with van der Waals surface area (Å²) in [6.07, 6.45) is 0.426. The van der Waals surface area contributed by atoms with E-state index in [0.29, 0.717) is 30.8 Å². The molecule has 0 radical (unpaired) electrons. The van der Waals surface area contributed by atoms with Gasteiger partial charge in [0.1, 0.15) is 6.04 Å². The van der Waals surface area contributed by atoms with Gasteiger partial charge >= 0.3 is 0 Å². The number of anilines is 1. The van der Waals surface area contributed by atoms with Crippen LogP contribution in [-0.2, 0) is 9.59 Å². The third-order valence-corrected chi connectivity index (χ3v) is 4.39. The first-order chi connectivity index (χ1) is 11.3. The average Bonchev–Trinajstić information content (AvgIpc) is 2.62. The second-order valence-electron chi connectivity index (χ2n) is 7.63. The van der Waals surface area contributed by atoms with Crippen molar-refractivity contribution >= 4 is 23.4 Å². The average molecular weight is 329 g/mol. The van der Waals surface area contributed by atoms with Crippen LogP contribution in [0.3, 0.4) is 0 Å². The summed E-state index contributed by atoms with van der Waals surface area (Å²) in [4.78, 5) is 41.1. The van der Waals surface area contributed by atoms with Gasteiger partial charge in [0, 0.05) is 19.5 Å². The minimum absolute atomic E-state index is 0.0316. The molecule has 3 rings (SSSR count). The van der Waals surface area contributed by atoms with Gasteiger partial charge in [-0.05, 0) is 17.5 Å². The Balaban J connectivity index is 1.82. The highest BCUT2D eigenvalue weighted by molar-refractivity contribution is 6.10. The van der Waals surface area contributed by atoms with Gasteiger partial charge in [-0.3, -0.25) is 14.4 Å². The van der Waals surface area contributed by atoms with Gasteiger partial charge in [-0.1, -0.05) is 32.9 Å². The Bertz CT molecular complexity index is 693. The van der Waals surface area contributed by atoms with Crippen LogP contribution in [-0.4, -0.2) is 53.2 Å². The number of piperazine rings is 1. The minimum atomic E-state index is -0.637. The van der Waals surface area contributed by atoms with Crippen LogP contribution in [0.15, 0.2) is 24.3 Å². The Morgan fingerprint density at radius 3 is 2.62 bits per heavy atom. The molecule has 2 heterocycles. The van der Waals surface area contributed by atoms with Gasteiger partial charge in [0.2, 0.25) is 11.8 Å². The SMILES string of the molecule is CC(C)(C)CC(=O)N1CCN2C(=O)c3ccccc3NC(=O)C2C1. The van der Waals surface area contributed by atoms with E-state index in [0.717, 1.165) is 0 Å². The summed E-state index contributed by atoms with van der Waals surface area (Å²) in [5.41, 5.74) is 0.934. The number of amides is 3. The zero-order chi connectivity index (χ0) is 17.5. The van der Waals surface area contributed by atoms with E-state index in [2.05, 4.69) is 5.32 Å². The number of rotatable bonds is 1. The molecule has 0 bridgehead atoms. The van der Waals surface area contributed by atoms with E-state index in [4.69, 9.17) is 0 Å². The van der Waals surface area contributed by atoms with E-state index in [1.54, 1.807) is 34.1 Å². The molecule has 6 heteroatoms. The lowest BCUT2D eigenvalue weighted by atomic mass is 9.91. The summed E-state index contributed by atoms with van der Waals surface area (Å²) in [6, 6.07) is 6.38. The molecule has 24 heavy (non-hydrogen) atoms. The predicted octanol–water partition coefficient (Wildman–Crippen LogP) is 1.73. The summed E-state index contributed by atoms with van der Waals surface area (Å²) >= 11 is 0. The smallest absolute Gasteiger partial charge is 0.256 e. The Kier molecular flexibility index (Phi) is 4.07. The van der Waals surface area contributed by atoms with Crippen molar-refractivity contribution in [1.29, 1.82) is 0 Å². The molecule has 6 nitrogen and oxygen atoms in total. The summed E-state index contributed by atoms with van der Waals surface area (Å²) in [6.45, 7) is 7.13. The Hall–Kier alpha value is -2.37. The van der Waals surface area contributed by atoms with Crippen LogP contribution >= 0.6 is 0 Å². The van der Waals surface area contributed by atoms with Crippen molar-refractivity contribution < 1.29 is 14.4 Å². The lowest BCUT2D eigenvalue weighted by Crippen LogP contribution is -2.59. The predicted molar refractivity (Wildman–Crippen MR) is 90.5 cm³/mol. The maximum Gasteiger partial charge on any atom is 0.256 e. The number of carbonyl (C=O) groups excluding carboxylic acids is 3. The van der Waals surface area contributed by atoms with Crippen molar-refractivity contribution in [3.8, 4) is 0 Å². The van der Waals surface area contributed by atoms with E-state index in [1.165, 1.54) is 0 Å². The lowest BCUT2D eigenvalue weighted by molar-refractivity contribution is -0.137. The fourth-order valence-electron chi connectivity index (χ4n) is 3.19. The molecule has 2 aliphatic rings. The van der Waals surface area contributed by atoms with Crippen molar-refractivity contribution in [2.75, 3.05) is 25.0 Å². The molecule has 0 aromatic heterocycles. The number of carbonyl (C=O) groups is 3. The monoisotopic (exact) mass is 329 g/mol. The van der Waals surface area contributed by atoms with Gasteiger partial charge < -0.3 is 15.1 Å². The number of nitrogens with one attached hydrogen (secondary N) is 1. The molecular weight excluding hydrogens is 306 g/mol.